The lowest BCUT2D eigenvalue weighted by atomic mass is 10.2. The third-order valence-corrected chi connectivity index (χ3v) is 2.24. The summed E-state index contributed by atoms with van der Waals surface area (Å²) in [4.78, 5) is 11.5. The molecule has 0 radical (unpaired) electrons. The molecule has 14 heavy (non-hydrogen) atoms. The molecule has 2 rings (SSSR count). The summed E-state index contributed by atoms with van der Waals surface area (Å²) in [5, 5.41) is 9.28. The molecule has 1 aliphatic rings. The Morgan fingerprint density at radius 3 is 3.36 bits per heavy atom. The van der Waals surface area contributed by atoms with E-state index in [0.29, 0.717) is 13.2 Å². The van der Waals surface area contributed by atoms with Crippen LogP contribution in [0.25, 0.3) is 0 Å². The van der Waals surface area contributed by atoms with E-state index >= 15 is 0 Å². The lowest BCUT2D eigenvalue weighted by Gasteiger charge is -2.08. The van der Waals surface area contributed by atoms with E-state index in [1.54, 1.807) is 12.4 Å². The molecule has 2 heterocycles. The van der Waals surface area contributed by atoms with Crippen LogP contribution in [0.5, 0.6) is 0 Å². The molecule has 1 aromatic heterocycles. The van der Waals surface area contributed by atoms with Crippen LogP contribution < -0.4 is 5.32 Å². The van der Waals surface area contributed by atoms with E-state index < -0.39 is 0 Å². The normalized spacial score (nSPS) is 21.0. The average molecular weight is 195 g/mol. The number of aromatic amines is 1. The maximum Gasteiger partial charge on any atom is 0.249 e. The topological polar surface area (TPSA) is 67.0 Å². The lowest BCUT2D eigenvalue weighted by molar-refractivity contribution is -0.130. The number of rotatable bonds is 3. The smallest absolute Gasteiger partial charge is 0.249 e. The van der Waals surface area contributed by atoms with E-state index in [2.05, 4.69) is 15.5 Å². The molecule has 1 amide bonds. The summed E-state index contributed by atoms with van der Waals surface area (Å²) < 4.78 is 5.25. The van der Waals surface area contributed by atoms with Crippen LogP contribution in [-0.2, 0) is 16.1 Å². The molecule has 0 aliphatic carbocycles. The van der Waals surface area contributed by atoms with Crippen molar-refractivity contribution in [3.05, 3.63) is 18.0 Å². The highest BCUT2D eigenvalue weighted by molar-refractivity contribution is 5.80. The minimum absolute atomic E-state index is 0.0244. The largest absolute Gasteiger partial charge is 0.368 e. The summed E-state index contributed by atoms with van der Waals surface area (Å²) in [5.74, 6) is -0.0244. The molecular formula is C9H13N3O2. The molecule has 0 aromatic carbocycles. The first-order chi connectivity index (χ1) is 6.86. The van der Waals surface area contributed by atoms with Crippen LogP contribution in [0.1, 0.15) is 18.4 Å². The van der Waals surface area contributed by atoms with Crippen molar-refractivity contribution in [3.63, 3.8) is 0 Å². The van der Waals surface area contributed by atoms with Crippen LogP contribution in [0.15, 0.2) is 12.4 Å². The van der Waals surface area contributed by atoms with Crippen LogP contribution in [0.2, 0.25) is 0 Å². The van der Waals surface area contributed by atoms with Crippen molar-refractivity contribution in [3.8, 4) is 0 Å². The first-order valence-corrected chi connectivity index (χ1v) is 4.73. The Kier molecular flexibility index (Phi) is 2.78. The number of aromatic nitrogens is 2. The number of carbonyl (C=O) groups excluding carboxylic acids is 1. The van der Waals surface area contributed by atoms with E-state index in [1.807, 2.05) is 0 Å². The minimum Gasteiger partial charge on any atom is -0.368 e. The van der Waals surface area contributed by atoms with Crippen LogP contribution in [0.3, 0.4) is 0 Å². The first kappa shape index (κ1) is 9.21. The number of ether oxygens (including phenoxy) is 1. The Balaban J connectivity index is 1.77. The second-order valence-corrected chi connectivity index (χ2v) is 3.33. The van der Waals surface area contributed by atoms with Gasteiger partial charge in [-0.15, -0.1) is 0 Å². The monoisotopic (exact) mass is 195 g/mol. The third kappa shape index (κ3) is 2.11. The van der Waals surface area contributed by atoms with Gasteiger partial charge in [0.2, 0.25) is 5.91 Å². The van der Waals surface area contributed by atoms with Crippen molar-refractivity contribution >= 4 is 5.91 Å². The van der Waals surface area contributed by atoms with Gasteiger partial charge in [-0.1, -0.05) is 0 Å². The van der Waals surface area contributed by atoms with Crippen molar-refractivity contribution in [2.75, 3.05) is 6.61 Å². The SMILES string of the molecule is O=C(NCc1cn[nH]c1)[C@@H]1CCCO1. The van der Waals surface area contributed by atoms with Crippen molar-refractivity contribution in [2.45, 2.75) is 25.5 Å². The molecule has 1 saturated heterocycles. The molecule has 0 spiro atoms. The number of hydrogen-bond donors (Lipinski definition) is 2. The number of nitrogens with zero attached hydrogens (tertiary/aromatic N) is 1. The van der Waals surface area contributed by atoms with Crippen LogP contribution in [0, 0.1) is 0 Å². The lowest BCUT2D eigenvalue weighted by Crippen LogP contribution is -2.33. The van der Waals surface area contributed by atoms with Gasteiger partial charge in [-0.2, -0.15) is 5.10 Å². The van der Waals surface area contributed by atoms with Gasteiger partial charge in [0.25, 0.3) is 0 Å². The highest BCUT2D eigenvalue weighted by Gasteiger charge is 2.22. The van der Waals surface area contributed by atoms with E-state index in [-0.39, 0.29) is 12.0 Å². The van der Waals surface area contributed by atoms with Gasteiger partial charge in [0.15, 0.2) is 0 Å². The maximum absolute atomic E-state index is 11.5. The summed E-state index contributed by atoms with van der Waals surface area (Å²) in [6.45, 7) is 1.21. The fourth-order valence-corrected chi connectivity index (χ4v) is 1.46. The van der Waals surface area contributed by atoms with E-state index in [0.717, 1.165) is 18.4 Å². The third-order valence-electron chi connectivity index (χ3n) is 2.24. The van der Waals surface area contributed by atoms with Gasteiger partial charge in [0, 0.05) is 24.9 Å². The second-order valence-electron chi connectivity index (χ2n) is 3.33. The van der Waals surface area contributed by atoms with E-state index in [9.17, 15) is 4.79 Å². The molecular weight excluding hydrogens is 182 g/mol. The summed E-state index contributed by atoms with van der Waals surface area (Å²) >= 11 is 0. The molecule has 5 nitrogen and oxygen atoms in total. The molecule has 2 N–H and O–H groups in total. The van der Waals surface area contributed by atoms with E-state index in [1.165, 1.54) is 0 Å². The minimum atomic E-state index is -0.248. The Bertz CT molecular complexity index is 291. The molecule has 0 bridgehead atoms. The number of amides is 1. The molecule has 1 fully saturated rings. The van der Waals surface area contributed by atoms with Crippen molar-refractivity contribution in [1.82, 2.24) is 15.5 Å². The number of hydrogen-bond acceptors (Lipinski definition) is 3. The quantitative estimate of drug-likeness (QED) is 0.724. The highest BCUT2D eigenvalue weighted by Crippen LogP contribution is 2.11. The van der Waals surface area contributed by atoms with Crippen molar-refractivity contribution < 1.29 is 9.53 Å². The van der Waals surface area contributed by atoms with Gasteiger partial charge in [0.1, 0.15) is 6.10 Å². The van der Waals surface area contributed by atoms with Crippen LogP contribution in [0.4, 0.5) is 0 Å². The average Bonchev–Trinajstić information content (AvgIpc) is 2.87. The number of carbonyl (C=O) groups is 1. The summed E-state index contributed by atoms with van der Waals surface area (Å²) in [7, 11) is 0. The van der Waals surface area contributed by atoms with Gasteiger partial charge in [0.05, 0.1) is 6.20 Å². The molecule has 1 aliphatic heterocycles. The fourth-order valence-electron chi connectivity index (χ4n) is 1.46. The van der Waals surface area contributed by atoms with Gasteiger partial charge >= 0.3 is 0 Å². The number of H-pyrrole nitrogens is 1. The first-order valence-electron chi connectivity index (χ1n) is 4.73. The summed E-state index contributed by atoms with van der Waals surface area (Å²) in [6, 6.07) is 0. The fraction of sp³-hybridized carbons (Fsp3) is 0.556. The molecule has 76 valence electrons. The van der Waals surface area contributed by atoms with Gasteiger partial charge < -0.3 is 10.1 Å². The molecule has 5 heteroatoms. The zero-order valence-electron chi connectivity index (χ0n) is 7.82. The van der Waals surface area contributed by atoms with Crippen molar-refractivity contribution in [1.29, 1.82) is 0 Å². The standard InChI is InChI=1S/C9H13N3O2/c13-9(8-2-1-3-14-8)10-4-7-5-11-12-6-7/h5-6,8H,1-4H2,(H,10,13)(H,11,12)/t8-/m0/s1. The molecule has 1 aromatic rings. The Labute approximate surface area is 81.8 Å². The Hall–Kier alpha value is -1.36. The molecule has 0 saturated carbocycles. The highest BCUT2D eigenvalue weighted by atomic mass is 16.5. The molecule has 0 unspecified atom stereocenters. The van der Waals surface area contributed by atoms with Gasteiger partial charge in [-0.05, 0) is 12.8 Å². The van der Waals surface area contributed by atoms with Crippen molar-refractivity contribution in [2.24, 2.45) is 0 Å². The zero-order valence-corrected chi connectivity index (χ0v) is 7.82. The maximum atomic E-state index is 11.5. The van der Waals surface area contributed by atoms with E-state index in [4.69, 9.17) is 4.74 Å². The summed E-state index contributed by atoms with van der Waals surface area (Å²) in [6.07, 6.45) is 5.01. The zero-order chi connectivity index (χ0) is 9.80. The van der Waals surface area contributed by atoms with Gasteiger partial charge in [-0.25, -0.2) is 0 Å². The van der Waals surface area contributed by atoms with Crippen LogP contribution in [-0.4, -0.2) is 28.8 Å². The molecule has 1 atom stereocenters. The van der Waals surface area contributed by atoms with Crippen LogP contribution >= 0.6 is 0 Å². The Morgan fingerprint density at radius 2 is 2.71 bits per heavy atom. The Morgan fingerprint density at radius 1 is 1.79 bits per heavy atom. The predicted octanol–water partition coefficient (Wildman–Crippen LogP) is 0.205. The number of nitrogens with one attached hydrogen (secondary N) is 2. The van der Waals surface area contributed by atoms with Gasteiger partial charge in [-0.3, -0.25) is 9.89 Å². The summed E-state index contributed by atoms with van der Waals surface area (Å²) in [5.41, 5.74) is 0.969. The predicted molar refractivity (Wildman–Crippen MR) is 49.4 cm³/mol. The second kappa shape index (κ2) is 4.23.